The number of sulfonamides is 1. The summed E-state index contributed by atoms with van der Waals surface area (Å²) in [5.74, 6) is -3.03. The third-order valence-electron chi connectivity index (χ3n) is 11.0. The highest BCUT2D eigenvalue weighted by Gasteiger charge is 2.53. The van der Waals surface area contributed by atoms with Crippen LogP contribution >= 0.6 is 0 Å². The molecule has 1 aromatic carbocycles. The minimum atomic E-state index is -3.96. The van der Waals surface area contributed by atoms with Gasteiger partial charge in [-0.1, -0.05) is 62.9 Å². The summed E-state index contributed by atoms with van der Waals surface area (Å²) in [6.07, 6.45) is 4.47. The number of carbonyl (C=O) groups is 6. The maximum Gasteiger partial charge on any atom is 0.410 e. The molecule has 6 amide bonds. The van der Waals surface area contributed by atoms with Gasteiger partial charge in [0.15, 0.2) is 0 Å². The number of cyclic esters (lactones) is 1. The van der Waals surface area contributed by atoms with Crippen molar-refractivity contribution in [2.24, 2.45) is 5.41 Å². The van der Waals surface area contributed by atoms with Crippen LogP contribution in [0.4, 0.5) is 9.59 Å². The van der Waals surface area contributed by atoms with Gasteiger partial charge in [-0.25, -0.2) is 18.0 Å². The molecule has 6 rings (SSSR count). The minimum Gasteiger partial charge on any atom is -0.449 e. The summed E-state index contributed by atoms with van der Waals surface area (Å²) in [5.41, 5.74) is 1.41. The van der Waals surface area contributed by atoms with Crippen molar-refractivity contribution in [3.05, 3.63) is 65.8 Å². The molecule has 3 heterocycles. The van der Waals surface area contributed by atoms with Crippen LogP contribution in [-0.4, -0.2) is 115 Å². The Kier molecular flexibility index (Phi) is 11.4. The first-order valence-corrected chi connectivity index (χ1v) is 20.3. The highest BCUT2D eigenvalue weighted by atomic mass is 32.2. The number of likely N-dealkylation sites (N-methyl/N-ethyl adjacent to an activating group) is 1. The van der Waals surface area contributed by atoms with Gasteiger partial charge in [-0.3, -0.25) is 28.8 Å². The molecule has 56 heavy (non-hydrogen) atoms. The first-order chi connectivity index (χ1) is 26.4. The van der Waals surface area contributed by atoms with Gasteiger partial charge in [-0.15, -0.1) is 0 Å². The molecule has 4 bridgehead atoms. The number of hydrogen-bond donors (Lipinski definition) is 3. The molecule has 1 saturated heterocycles. The lowest BCUT2D eigenvalue weighted by molar-refractivity contribution is -0.143. The van der Waals surface area contributed by atoms with E-state index in [-0.39, 0.29) is 45.5 Å². The molecule has 5 aliphatic rings. The van der Waals surface area contributed by atoms with E-state index in [4.69, 9.17) is 9.47 Å². The Balaban J connectivity index is 1.30. The Morgan fingerprint density at radius 2 is 1.86 bits per heavy atom. The molecule has 2 aliphatic carbocycles. The fourth-order valence-electron chi connectivity index (χ4n) is 7.55. The van der Waals surface area contributed by atoms with E-state index in [1.807, 2.05) is 44.2 Å². The van der Waals surface area contributed by atoms with Gasteiger partial charge in [0.2, 0.25) is 27.7 Å². The summed E-state index contributed by atoms with van der Waals surface area (Å²) in [6, 6.07) is 3.09. The fraction of sp³-hybridized carbons (Fsp3) is 0.538. The molecule has 1 aromatic rings. The number of fused-ring (bicyclic) bond motifs is 3. The van der Waals surface area contributed by atoms with Gasteiger partial charge in [-0.2, -0.15) is 0 Å². The number of amides is 6. The average Bonchev–Trinajstić information content (AvgIpc) is 3.78. The molecule has 2 saturated carbocycles. The molecule has 0 radical (unpaired) electrons. The number of carbonyl (C=O) groups excluding carboxylic acids is 6. The molecule has 0 spiro atoms. The van der Waals surface area contributed by atoms with E-state index in [1.165, 1.54) is 11.9 Å². The number of benzene rings is 1. The highest BCUT2D eigenvalue weighted by Crippen LogP contribution is 2.38. The summed E-state index contributed by atoms with van der Waals surface area (Å²) >= 11 is 0. The smallest absolute Gasteiger partial charge is 0.410 e. The van der Waals surface area contributed by atoms with Crippen molar-refractivity contribution in [2.45, 2.75) is 101 Å². The van der Waals surface area contributed by atoms with Gasteiger partial charge in [-0.05, 0) is 53.9 Å². The average molecular weight is 795 g/mol. The fourth-order valence-corrected chi connectivity index (χ4v) is 8.92. The number of hydrogen-bond acceptors (Lipinski definition) is 10. The van der Waals surface area contributed by atoms with Crippen LogP contribution in [0, 0.1) is 5.41 Å². The molecule has 3 aliphatic heterocycles. The molecule has 3 atom stereocenters. The number of alkyl carbamates (subject to hydrolysis) is 1. The SMILES string of the molecule is C=CC(=O)N(C)C[C@@H]1NC(=O)OCC(C)(C)CC/C=C/c2cccc3c2CN(C3)C(=O)O[C@@H]2C[C@@H](C(=O)NC3(C(=O)NS(=O)(=O)C4CC4)CC(=C)C3)N(C2)C1=O. The first kappa shape index (κ1) is 40.5. The van der Waals surface area contributed by atoms with Gasteiger partial charge in [0.25, 0.3) is 5.91 Å². The molecular formula is C39H50N6O10S. The number of rotatable bonds is 8. The van der Waals surface area contributed by atoms with Gasteiger partial charge >= 0.3 is 12.2 Å². The maximum absolute atomic E-state index is 14.5. The van der Waals surface area contributed by atoms with Crippen LogP contribution < -0.4 is 15.4 Å². The van der Waals surface area contributed by atoms with E-state index in [1.54, 1.807) is 4.90 Å². The molecular weight excluding hydrogens is 745 g/mol. The number of allylic oxidation sites excluding steroid dienone is 1. The van der Waals surface area contributed by atoms with E-state index < -0.39 is 80.2 Å². The van der Waals surface area contributed by atoms with E-state index in [2.05, 4.69) is 28.5 Å². The molecule has 3 N–H and O–H groups in total. The zero-order valence-electron chi connectivity index (χ0n) is 32.0. The Morgan fingerprint density at radius 1 is 1.12 bits per heavy atom. The first-order valence-electron chi connectivity index (χ1n) is 18.8. The van der Waals surface area contributed by atoms with E-state index in [0.717, 1.165) is 27.7 Å². The number of ether oxygens (including phenoxy) is 2. The summed E-state index contributed by atoms with van der Waals surface area (Å²) in [4.78, 5) is 85.6. The Morgan fingerprint density at radius 3 is 2.54 bits per heavy atom. The van der Waals surface area contributed by atoms with Gasteiger partial charge < -0.3 is 29.9 Å². The largest absolute Gasteiger partial charge is 0.449 e. The van der Waals surface area contributed by atoms with Crippen molar-refractivity contribution in [3.63, 3.8) is 0 Å². The molecule has 16 nitrogen and oxygen atoms in total. The van der Waals surface area contributed by atoms with E-state index in [0.29, 0.717) is 37.8 Å². The van der Waals surface area contributed by atoms with Crippen molar-refractivity contribution in [1.29, 1.82) is 0 Å². The second-order valence-electron chi connectivity index (χ2n) is 16.2. The second-order valence-corrected chi connectivity index (χ2v) is 18.2. The topological polar surface area (TPSA) is 201 Å². The third-order valence-corrected chi connectivity index (χ3v) is 12.8. The number of nitrogens with zero attached hydrogens (tertiary/aromatic N) is 3. The van der Waals surface area contributed by atoms with Crippen molar-refractivity contribution in [3.8, 4) is 0 Å². The summed E-state index contributed by atoms with van der Waals surface area (Å²) < 4.78 is 39.1. The third kappa shape index (κ3) is 8.92. The minimum absolute atomic E-state index is 0.0172. The van der Waals surface area contributed by atoms with Crippen molar-refractivity contribution in [1.82, 2.24) is 30.1 Å². The Labute approximate surface area is 326 Å². The highest BCUT2D eigenvalue weighted by molar-refractivity contribution is 7.91. The van der Waals surface area contributed by atoms with Crippen molar-refractivity contribution >= 4 is 51.9 Å². The van der Waals surface area contributed by atoms with E-state index in [9.17, 15) is 37.2 Å². The predicted molar refractivity (Wildman–Crippen MR) is 204 cm³/mol. The van der Waals surface area contributed by atoms with Crippen LogP contribution in [0.1, 0.15) is 75.5 Å². The van der Waals surface area contributed by atoms with Gasteiger partial charge in [0.1, 0.15) is 23.7 Å². The monoisotopic (exact) mass is 794 g/mol. The van der Waals surface area contributed by atoms with Gasteiger partial charge in [0.05, 0.1) is 31.5 Å². The molecule has 3 fully saturated rings. The van der Waals surface area contributed by atoms with Crippen LogP contribution in [0.15, 0.2) is 49.1 Å². The van der Waals surface area contributed by atoms with Crippen LogP contribution in [0.25, 0.3) is 6.08 Å². The normalized spacial score (nSPS) is 25.4. The van der Waals surface area contributed by atoms with Crippen LogP contribution in [-0.2, 0) is 51.8 Å². The van der Waals surface area contributed by atoms with Crippen LogP contribution in [0.3, 0.4) is 0 Å². The van der Waals surface area contributed by atoms with Crippen LogP contribution in [0.2, 0.25) is 0 Å². The Bertz CT molecular complexity index is 1970. The molecule has 302 valence electrons. The molecule has 0 aromatic heterocycles. The number of nitrogens with one attached hydrogen (secondary N) is 3. The lowest BCUT2D eigenvalue weighted by Crippen LogP contribution is -2.67. The zero-order chi connectivity index (χ0) is 40.6. The lowest BCUT2D eigenvalue weighted by Gasteiger charge is -2.43. The molecule has 17 heteroatoms. The maximum atomic E-state index is 14.5. The quantitative estimate of drug-likeness (QED) is 0.260. The summed E-state index contributed by atoms with van der Waals surface area (Å²) in [6.45, 7) is 11.3. The van der Waals surface area contributed by atoms with E-state index >= 15 is 0 Å². The second kappa shape index (κ2) is 15.7. The Hall–Kier alpha value is -5.19. The zero-order valence-corrected chi connectivity index (χ0v) is 32.8. The summed E-state index contributed by atoms with van der Waals surface area (Å²) in [5, 5.41) is 4.58. The molecule has 0 unspecified atom stereocenters. The lowest BCUT2D eigenvalue weighted by atomic mass is 9.72. The van der Waals surface area contributed by atoms with Crippen molar-refractivity contribution in [2.75, 3.05) is 26.7 Å². The predicted octanol–water partition coefficient (Wildman–Crippen LogP) is 2.49. The summed E-state index contributed by atoms with van der Waals surface area (Å²) in [7, 11) is -2.54. The van der Waals surface area contributed by atoms with Crippen molar-refractivity contribution < 1.29 is 46.7 Å². The van der Waals surface area contributed by atoms with Gasteiger partial charge in [0, 0.05) is 32.9 Å². The van der Waals surface area contributed by atoms with Crippen LogP contribution in [0.5, 0.6) is 0 Å². The standard InChI is InChI=1S/C39H50N6O10S/c1-6-32(46)43(5)22-30-34(48)45-20-27(16-31(45)33(47)41-39(17-24(2)18-39)35(49)42-56(52,53)28-13-14-28)55-37(51)44-19-26-12-9-11-25(29(26)21-44)10-7-8-15-38(3,4)23-54-36(50)40-30/h6-7,9-12,27-28,30-31H,1-2,8,13-23H2,3-5H3,(H,40,50)(H,41,47)(H,42,49)/b10-7+/t27-,30+,31+/m1/s1.